The van der Waals surface area contributed by atoms with Crippen LogP contribution in [-0.2, 0) is 12.7 Å². The Hall–Kier alpha value is -3.82. The lowest BCUT2D eigenvalue weighted by molar-refractivity contribution is -0.137. The van der Waals surface area contributed by atoms with Crippen LogP contribution in [-0.4, -0.2) is 26.4 Å². The summed E-state index contributed by atoms with van der Waals surface area (Å²) in [5.41, 5.74) is 2.31. The van der Waals surface area contributed by atoms with Crippen molar-refractivity contribution in [3.8, 4) is 22.3 Å². The summed E-state index contributed by atoms with van der Waals surface area (Å²) in [6.45, 7) is -0.0362. The highest BCUT2D eigenvalue weighted by molar-refractivity contribution is 6.31. The molecular formula is C26H18Cl2F3N5O. The third-order valence-corrected chi connectivity index (χ3v) is 6.35. The summed E-state index contributed by atoms with van der Waals surface area (Å²) in [5, 5.41) is 13.2. The first-order valence-electron chi connectivity index (χ1n) is 11.1. The minimum absolute atomic E-state index is 0.0362. The summed E-state index contributed by atoms with van der Waals surface area (Å²) < 4.78 is 41.2. The van der Waals surface area contributed by atoms with E-state index in [4.69, 9.17) is 23.2 Å². The molecule has 0 atom stereocenters. The Kier molecular flexibility index (Phi) is 6.43. The van der Waals surface area contributed by atoms with Crippen molar-refractivity contribution in [1.82, 2.24) is 19.4 Å². The fourth-order valence-corrected chi connectivity index (χ4v) is 4.32. The number of nitrogens with zero attached hydrogens (tertiary/aromatic N) is 4. The first-order valence-corrected chi connectivity index (χ1v) is 11.8. The maximum atomic E-state index is 13.3. The van der Waals surface area contributed by atoms with E-state index < -0.39 is 17.4 Å². The van der Waals surface area contributed by atoms with E-state index in [-0.39, 0.29) is 12.2 Å². The Morgan fingerprint density at radius 3 is 1.86 bits per heavy atom. The number of fused-ring (bicyclic) bond motifs is 1. The molecule has 5 aromatic rings. The monoisotopic (exact) mass is 543 g/mol. The Labute approximate surface area is 218 Å². The molecule has 11 heteroatoms. The average molecular weight is 544 g/mol. The van der Waals surface area contributed by atoms with E-state index in [9.17, 15) is 18.0 Å². The van der Waals surface area contributed by atoms with Gasteiger partial charge in [0, 0.05) is 28.2 Å². The first-order chi connectivity index (χ1) is 17.7. The van der Waals surface area contributed by atoms with Crippen LogP contribution in [0.2, 0.25) is 10.0 Å². The third-order valence-electron chi connectivity index (χ3n) is 5.84. The van der Waals surface area contributed by atoms with Crippen molar-refractivity contribution >= 4 is 34.7 Å². The number of hydrogen-bond acceptors (Lipinski definition) is 4. The molecule has 2 aromatic heterocycles. The van der Waals surface area contributed by atoms with Gasteiger partial charge in [0.15, 0.2) is 11.5 Å². The highest BCUT2D eigenvalue weighted by atomic mass is 35.5. The zero-order chi connectivity index (χ0) is 26.3. The van der Waals surface area contributed by atoms with Crippen LogP contribution >= 0.6 is 23.2 Å². The van der Waals surface area contributed by atoms with Gasteiger partial charge in [0.25, 0.3) is 0 Å². The highest BCUT2D eigenvalue weighted by Gasteiger charge is 2.30. The molecule has 0 saturated heterocycles. The standard InChI is InChI=1S/C26H18Cl2F3N5O/c1-32-23-21(16-4-10-19(27)11-5-16)22(17-6-12-20(28)13-7-17)24-34-35(25(37)36(24)33-23)14-15-2-8-18(9-3-15)26(29,30)31/h2-13H,14H2,1H3,(H,32,33). The van der Waals surface area contributed by atoms with Gasteiger partial charge >= 0.3 is 11.9 Å². The van der Waals surface area contributed by atoms with E-state index in [1.807, 2.05) is 24.3 Å². The van der Waals surface area contributed by atoms with Gasteiger partial charge in [-0.2, -0.15) is 17.7 Å². The lowest BCUT2D eigenvalue weighted by Crippen LogP contribution is -2.23. The van der Waals surface area contributed by atoms with Crippen LogP contribution in [0.4, 0.5) is 19.0 Å². The number of benzene rings is 3. The molecule has 2 heterocycles. The lowest BCUT2D eigenvalue weighted by atomic mass is 9.96. The van der Waals surface area contributed by atoms with Crippen molar-refractivity contribution in [1.29, 1.82) is 0 Å². The van der Waals surface area contributed by atoms with Crippen LogP contribution in [0.15, 0.2) is 77.6 Å². The summed E-state index contributed by atoms with van der Waals surface area (Å²) in [5.74, 6) is 0.427. The van der Waals surface area contributed by atoms with E-state index in [1.165, 1.54) is 21.3 Å². The maximum absolute atomic E-state index is 13.3. The van der Waals surface area contributed by atoms with Gasteiger partial charge in [-0.25, -0.2) is 9.48 Å². The largest absolute Gasteiger partial charge is 0.416 e. The van der Waals surface area contributed by atoms with Crippen molar-refractivity contribution in [2.24, 2.45) is 0 Å². The van der Waals surface area contributed by atoms with Crippen molar-refractivity contribution < 1.29 is 13.2 Å². The van der Waals surface area contributed by atoms with Gasteiger partial charge in [-0.05, 0) is 53.1 Å². The molecule has 3 aromatic carbocycles. The molecule has 0 radical (unpaired) electrons. The number of anilines is 1. The number of aromatic nitrogens is 4. The maximum Gasteiger partial charge on any atom is 0.416 e. The Bertz CT molecular complexity index is 1640. The van der Waals surface area contributed by atoms with Gasteiger partial charge in [-0.15, -0.1) is 10.2 Å². The minimum atomic E-state index is -4.45. The van der Waals surface area contributed by atoms with Crippen molar-refractivity contribution in [3.05, 3.63) is 104 Å². The van der Waals surface area contributed by atoms with Crippen molar-refractivity contribution in [2.45, 2.75) is 12.7 Å². The molecule has 0 unspecified atom stereocenters. The van der Waals surface area contributed by atoms with Crippen LogP contribution in [0.25, 0.3) is 27.9 Å². The summed E-state index contributed by atoms with van der Waals surface area (Å²) >= 11 is 12.2. The normalized spacial score (nSPS) is 11.7. The van der Waals surface area contributed by atoms with E-state index in [2.05, 4.69) is 15.5 Å². The fraction of sp³-hybridized carbons (Fsp3) is 0.115. The zero-order valence-corrected chi connectivity index (χ0v) is 20.7. The summed E-state index contributed by atoms with van der Waals surface area (Å²) in [4.78, 5) is 13.3. The topological polar surface area (TPSA) is 64.2 Å². The van der Waals surface area contributed by atoms with Gasteiger partial charge in [0.1, 0.15) is 0 Å². The summed E-state index contributed by atoms with van der Waals surface area (Å²) in [6.07, 6.45) is -4.45. The van der Waals surface area contributed by atoms with Gasteiger partial charge in [-0.3, -0.25) is 0 Å². The van der Waals surface area contributed by atoms with E-state index in [0.717, 1.165) is 23.3 Å². The van der Waals surface area contributed by atoms with Gasteiger partial charge in [0.2, 0.25) is 0 Å². The predicted octanol–water partition coefficient (Wildman–Crippen LogP) is 6.64. The molecule has 0 aliphatic heterocycles. The fourth-order valence-electron chi connectivity index (χ4n) is 4.06. The second kappa shape index (κ2) is 9.57. The molecule has 0 aliphatic carbocycles. The molecule has 6 nitrogen and oxygen atoms in total. The molecule has 0 spiro atoms. The van der Waals surface area contributed by atoms with E-state index in [0.29, 0.717) is 32.6 Å². The number of hydrogen-bond donors (Lipinski definition) is 1. The SMILES string of the molecule is CNc1nn2c(=O)n(Cc3ccc(C(F)(F)F)cc3)nc2c(-c2ccc(Cl)cc2)c1-c1ccc(Cl)cc1. The van der Waals surface area contributed by atoms with E-state index in [1.54, 1.807) is 31.3 Å². The molecule has 5 rings (SSSR count). The molecule has 0 saturated carbocycles. The number of halogens is 5. The summed E-state index contributed by atoms with van der Waals surface area (Å²) in [7, 11) is 1.69. The van der Waals surface area contributed by atoms with E-state index >= 15 is 0 Å². The smallest absolute Gasteiger partial charge is 0.371 e. The molecule has 1 N–H and O–H groups in total. The number of rotatable bonds is 5. The van der Waals surface area contributed by atoms with Crippen LogP contribution in [0.5, 0.6) is 0 Å². The van der Waals surface area contributed by atoms with Crippen LogP contribution in [0.1, 0.15) is 11.1 Å². The predicted molar refractivity (Wildman–Crippen MR) is 138 cm³/mol. The number of nitrogens with one attached hydrogen (secondary N) is 1. The summed E-state index contributed by atoms with van der Waals surface area (Å²) in [6, 6.07) is 18.9. The first kappa shape index (κ1) is 24.9. The Morgan fingerprint density at radius 2 is 1.35 bits per heavy atom. The van der Waals surface area contributed by atoms with Gasteiger partial charge in [0.05, 0.1) is 12.1 Å². The second-order valence-electron chi connectivity index (χ2n) is 8.23. The minimum Gasteiger partial charge on any atom is -0.371 e. The molecule has 37 heavy (non-hydrogen) atoms. The quantitative estimate of drug-likeness (QED) is 0.270. The molecule has 188 valence electrons. The molecule has 0 fully saturated rings. The molecule has 0 amide bonds. The van der Waals surface area contributed by atoms with Crippen LogP contribution in [0.3, 0.4) is 0 Å². The van der Waals surface area contributed by atoms with Gasteiger partial charge < -0.3 is 5.32 Å². The van der Waals surface area contributed by atoms with Crippen molar-refractivity contribution in [3.63, 3.8) is 0 Å². The second-order valence-corrected chi connectivity index (χ2v) is 9.11. The molecule has 0 bridgehead atoms. The highest BCUT2D eigenvalue weighted by Crippen LogP contribution is 2.39. The van der Waals surface area contributed by atoms with Crippen LogP contribution in [0, 0.1) is 0 Å². The number of alkyl halides is 3. The Balaban J connectivity index is 1.72. The Morgan fingerprint density at radius 1 is 0.811 bits per heavy atom. The third kappa shape index (κ3) is 4.80. The van der Waals surface area contributed by atoms with Crippen LogP contribution < -0.4 is 11.0 Å². The molecular weight excluding hydrogens is 526 g/mol. The zero-order valence-electron chi connectivity index (χ0n) is 19.2. The lowest BCUT2D eigenvalue weighted by Gasteiger charge is -2.15. The van der Waals surface area contributed by atoms with Crippen molar-refractivity contribution in [2.75, 3.05) is 12.4 Å². The average Bonchev–Trinajstić information content (AvgIpc) is 3.18. The molecule has 0 aliphatic rings. The van der Waals surface area contributed by atoms with Gasteiger partial charge in [-0.1, -0.05) is 59.6 Å².